The Morgan fingerprint density at radius 1 is 1.57 bits per heavy atom. The van der Waals surface area contributed by atoms with Crippen molar-refractivity contribution < 1.29 is 9.50 Å². The summed E-state index contributed by atoms with van der Waals surface area (Å²) in [5.41, 5.74) is 6.15. The fourth-order valence-electron chi connectivity index (χ4n) is 1.11. The van der Waals surface area contributed by atoms with E-state index in [1.165, 1.54) is 0 Å². The molecule has 0 unspecified atom stereocenters. The average Bonchev–Trinajstić information content (AvgIpc) is 2.12. The first-order valence-electron chi connectivity index (χ1n) is 3.89. The standard InChI is InChI=1S/C9H11ClFNO.ClH/c1-5-2-3-6(10)8(9(5)11)7(12)4-13;/h2-3,7,13H,4,12H2,1H3;1H/t7-;/m1./s1. The zero-order valence-corrected chi connectivity index (χ0v) is 9.20. The zero-order chi connectivity index (χ0) is 10.0. The van der Waals surface area contributed by atoms with Gasteiger partial charge in [0.05, 0.1) is 12.6 Å². The lowest BCUT2D eigenvalue weighted by atomic mass is 10.0. The second-order valence-corrected chi connectivity index (χ2v) is 3.29. The molecule has 3 N–H and O–H groups in total. The van der Waals surface area contributed by atoms with Crippen LogP contribution in [0.1, 0.15) is 17.2 Å². The molecule has 0 fully saturated rings. The van der Waals surface area contributed by atoms with Crippen LogP contribution in [0, 0.1) is 12.7 Å². The molecule has 0 aliphatic carbocycles. The molecule has 1 aromatic rings. The number of aliphatic hydroxyl groups excluding tert-OH is 1. The Bertz CT molecular complexity index is 320. The molecule has 0 radical (unpaired) electrons. The van der Waals surface area contributed by atoms with Gasteiger partial charge in [0.2, 0.25) is 0 Å². The number of nitrogens with two attached hydrogens (primary N) is 1. The van der Waals surface area contributed by atoms with E-state index < -0.39 is 11.9 Å². The third-order valence-electron chi connectivity index (χ3n) is 1.89. The summed E-state index contributed by atoms with van der Waals surface area (Å²) >= 11 is 5.74. The molecule has 0 saturated heterocycles. The van der Waals surface area contributed by atoms with Crippen molar-refractivity contribution in [3.05, 3.63) is 34.1 Å². The molecule has 0 aromatic heterocycles. The minimum atomic E-state index is -0.757. The molecule has 1 rings (SSSR count). The van der Waals surface area contributed by atoms with E-state index in [4.69, 9.17) is 22.4 Å². The monoisotopic (exact) mass is 239 g/mol. The normalized spacial score (nSPS) is 12.1. The highest BCUT2D eigenvalue weighted by Gasteiger charge is 2.15. The predicted octanol–water partition coefficient (Wildman–Crippen LogP) is 2.20. The number of benzene rings is 1. The second kappa shape index (κ2) is 5.51. The van der Waals surface area contributed by atoms with Gasteiger partial charge in [-0.1, -0.05) is 17.7 Å². The smallest absolute Gasteiger partial charge is 0.132 e. The highest BCUT2D eigenvalue weighted by atomic mass is 35.5. The van der Waals surface area contributed by atoms with Gasteiger partial charge in [-0.05, 0) is 18.6 Å². The van der Waals surface area contributed by atoms with Crippen LogP contribution in [-0.2, 0) is 0 Å². The quantitative estimate of drug-likeness (QED) is 0.832. The van der Waals surface area contributed by atoms with Crippen molar-refractivity contribution in [3.8, 4) is 0 Å². The molecule has 0 amide bonds. The Labute approximate surface area is 93.3 Å². The van der Waals surface area contributed by atoms with Crippen molar-refractivity contribution in [3.63, 3.8) is 0 Å². The molecule has 0 spiro atoms. The van der Waals surface area contributed by atoms with E-state index in [9.17, 15) is 4.39 Å². The van der Waals surface area contributed by atoms with Crippen molar-refractivity contribution in [2.45, 2.75) is 13.0 Å². The molecule has 0 heterocycles. The lowest BCUT2D eigenvalue weighted by Crippen LogP contribution is -2.17. The molecular weight excluding hydrogens is 228 g/mol. The van der Waals surface area contributed by atoms with E-state index in [1.54, 1.807) is 19.1 Å². The summed E-state index contributed by atoms with van der Waals surface area (Å²) in [6.45, 7) is 1.30. The highest BCUT2D eigenvalue weighted by Crippen LogP contribution is 2.26. The van der Waals surface area contributed by atoms with Crippen LogP contribution >= 0.6 is 24.0 Å². The number of aryl methyl sites for hydroxylation is 1. The molecule has 0 aliphatic heterocycles. The van der Waals surface area contributed by atoms with Crippen molar-refractivity contribution in [2.24, 2.45) is 5.73 Å². The maximum absolute atomic E-state index is 13.4. The Morgan fingerprint density at radius 3 is 2.64 bits per heavy atom. The van der Waals surface area contributed by atoms with Crippen molar-refractivity contribution in [1.29, 1.82) is 0 Å². The number of halogens is 3. The van der Waals surface area contributed by atoms with Crippen LogP contribution in [0.3, 0.4) is 0 Å². The maximum atomic E-state index is 13.4. The fraction of sp³-hybridized carbons (Fsp3) is 0.333. The van der Waals surface area contributed by atoms with E-state index in [0.29, 0.717) is 5.56 Å². The first-order chi connectivity index (χ1) is 6.07. The van der Waals surface area contributed by atoms with Gasteiger partial charge in [0, 0.05) is 10.6 Å². The summed E-state index contributed by atoms with van der Waals surface area (Å²) in [6, 6.07) is 2.39. The van der Waals surface area contributed by atoms with Crippen molar-refractivity contribution >= 4 is 24.0 Å². The summed E-state index contributed by atoms with van der Waals surface area (Å²) < 4.78 is 13.4. The zero-order valence-electron chi connectivity index (χ0n) is 7.63. The van der Waals surface area contributed by atoms with Gasteiger partial charge < -0.3 is 10.8 Å². The number of rotatable bonds is 2. The summed E-state index contributed by atoms with van der Waals surface area (Å²) in [4.78, 5) is 0. The van der Waals surface area contributed by atoms with Gasteiger partial charge in [-0.25, -0.2) is 4.39 Å². The summed E-state index contributed by atoms with van der Waals surface area (Å²) in [7, 11) is 0. The molecular formula is C9H12Cl2FNO. The van der Waals surface area contributed by atoms with E-state index in [-0.39, 0.29) is 29.6 Å². The molecule has 2 nitrogen and oxygen atoms in total. The van der Waals surface area contributed by atoms with Gasteiger partial charge in [-0.3, -0.25) is 0 Å². The predicted molar refractivity (Wildman–Crippen MR) is 57.4 cm³/mol. The minimum absolute atomic E-state index is 0. The van der Waals surface area contributed by atoms with Crippen LogP contribution in [0.15, 0.2) is 12.1 Å². The molecule has 0 aliphatic rings. The Morgan fingerprint density at radius 2 is 2.14 bits per heavy atom. The largest absolute Gasteiger partial charge is 0.394 e. The molecule has 14 heavy (non-hydrogen) atoms. The van der Waals surface area contributed by atoms with Crippen molar-refractivity contribution in [2.75, 3.05) is 6.61 Å². The first-order valence-corrected chi connectivity index (χ1v) is 4.26. The molecule has 1 atom stereocenters. The average molecular weight is 240 g/mol. The van der Waals surface area contributed by atoms with Gasteiger partial charge in [0.25, 0.3) is 0 Å². The van der Waals surface area contributed by atoms with Crippen LogP contribution in [0.2, 0.25) is 5.02 Å². The second-order valence-electron chi connectivity index (χ2n) is 2.88. The van der Waals surface area contributed by atoms with Crippen molar-refractivity contribution in [1.82, 2.24) is 0 Å². The Hall–Kier alpha value is -0.350. The number of hydrogen-bond acceptors (Lipinski definition) is 2. The Kier molecular flexibility index (Phi) is 5.37. The topological polar surface area (TPSA) is 46.2 Å². The maximum Gasteiger partial charge on any atom is 0.132 e. The van der Waals surface area contributed by atoms with Crippen LogP contribution in [0.25, 0.3) is 0 Å². The summed E-state index contributed by atoms with van der Waals surface area (Å²) in [5, 5.41) is 9.03. The van der Waals surface area contributed by atoms with E-state index in [1.807, 2.05) is 0 Å². The lowest BCUT2D eigenvalue weighted by Gasteiger charge is -2.12. The molecule has 0 saturated carbocycles. The number of hydrogen-bond donors (Lipinski definition) is 2. The van der Waals surface area contributed by atoms with Crippen LogP contribution in [0.4, 0.5) is 4.39 Å². The van der Waals surface area contributed by atoms with E-state index in [0.717, 1.165) is 0 Å². The minimum Gasteiger partial charge on any atom is -0.394 e. The molecule has 80 valence electrons. The van der Waals surface area contributed by atoms with Crippen LogP contribution in [0.5, 0.6) is 0 Å². The van der Waals surface area contributed by atoms with Crippen LogP contribution in [-0.4, -0.2) is 11.7 Å². The van der Waals surface area contributed by atoms with Crippen LogP contribution < -0.4 is 5.73 Å². The Balaban J connectivity index is 0.00000169. The summed E-state index contributed by atoms with van der Waals surface area (Å²) in [6.07, 6.45) is 0. The first kappa shape index (κ1) is 13.7. The van der Waals surface area contributed by atoms with Gasteiger partial charge in [0.15, 0.2) is 0 Å². The van der Waals surface area contributed by atoms with Gasteiger partial charge in [-0.15, -0.1) is 12.4 Å². The summed E-state index contributed by atoms with van der Waals surface area (Å²) in [5.74, 6) is -0.436. The van der Waals surface area contributed by atoms with E-state index in [2.05, 4.69) is 0 Å². The third kappa shape index (κ3) is 2.58. The van der Waals surface area contributed by atoms with Gasteiger partial charge in [0.1, 0.15) is 5.82 Å². The number of aliphatic hydroxyl groups is 1. The van der Waals surface area contributed by atoms with Gasteiger partial charge >= 0.3 is 0 Å². The lowest BCUT2D eigenvalue weighted by molar-refractivity contribution is 0.265. The highest BCUT2D eigenvalue weighted by molar-refractivity contribution is 6.31. The molecule has 1 aromatic carbocycles. The van der Waals surface area contributed by atoms with E-state index >= 15 is 0 Å². The fourth-order valence-corrected chi connectivity index (χ4v) is 1.40. The van der Waals surface area contributed by atoms with Gasteiger partial charge in [-0.2, -0.15) is 0 Å². The SMILES string of the molecule is Cc1ccc(Cl)c([C@H](N)CO)c1F.Cl. The molecule has 0 bridgehead atoms. The molecule has 5 heteroatoms. The third-order valence-corrected chi connectivity index (χ3v) is 2.22.